The Bertz CT molecular complexity index is 603. The molecule has 1 aromatic rings. The highest BCUT2D eigenvalue weighted by Crippen LogP contribution is 2.33. The lowest BCUT2D eigenvalue weighted by Crippen LogP contribution is -2.53. The number of aryl methyl sites for hydroxylation is 2. The Hall–Kier alpha value is -1.59. The van der Waals surface area contributed by atoms with E-state index in [1.807, 2.05) is 4.90 Å². The van der Waals surface area contributed by atoms with Crippen molar-refractivity contribution >= 4 is 5.91 Å². The Kier molecular flexibility index (Phi) is 5.64. The second-order valence-electron chi connectivity index (χ2n) is 7.48. The average Bonchev–Trinajstić information content (AvgIpc) is 2.65. The van der Waals surface area contributed by atoms with E-state index in [0.717, 1.165) is 50.1 Å². The first kappa shape index (κ1) is 18.2. The third-order valence-corrected chi connectivity index (χ3v) is 5.66. The van der Waals surface area contributed by atoms with Gasteiger partial charge in [-0.25, -0.2) is 0 Å². The fourth-order valence-electron chi connectivity index (χ4n) is 3.79. The van der Waals surface area contributed by atoms with Gasteiger partial charge in [0.1, 0.15) is 11.9 Å². The number of benzene rings is 1. The summed E-state index contributed by atoms with van der Waals surface area (Å²) in [6.45, 7) is 7.32. The van der Waals surface area contributed by atoms with Gasteiger partial charge in [0.25, 0.3) is 0 Å². The van der Waals surface area contributed by atoms with E-state index in [-0.39, 0.29) is 12.0 Å². The van der Waals surface area contributed by atoms with Gasteiger partial charge in [0, 0.05) is 45.7 Å². The van der Waals surface area contributed by atoms with Crippen LogP contribution in [0.25, 0.3) is 0 Å². The molecule has 0 atom stereocenters. The minimum absolute atomic E-state index is 0.174. The molecule has 138 valence electrons. The molecule has 5 nitrogen and oxygen atoms in total. The Balaban J connectivity index is 1.58. The molecule has 0 bridgehead atoms. The number of hydrogen-bond acceptors (Lipinski definition) is 4. The van der Waals surface area contributed by atoms with E-state index in [1.165, 1.54) is 5.56 Å². The molecule has 0 spiro atoms. The van der Waals surface area contributed by atoms with Gasteiger partial charge in [-0.2, -0.15) is 0 Å². The lowest BCUT2D eigenvalue weighted by molar-refractivity contribution is -0.149. The largest absolute Gasteiger partial charge is 0.490 e. The van der Waals surface area contributed by atoms with Crippen molar-refractivity contribution in [3.05, 3.63) is 29.3 Å². The zero-order valence-corrected chi connectivity index (χ0v) is 15.4. The molecule has 2 aliphatic rings. The van der Waals surface area contributed by atoms with Gasteiger partial charge in [0.2, 0.25) is 5.91 Å². The normalized spacial score (nSPS) is 21.2. The smallest absolute Gasteiger partial charge is 0.230 e. The summed E-state index contributed by atoms with van der Waals surface area (Å²) in [5.41, 5.74) is 7.93. The molecule has 0 radical (unpaired) electrons. The number of rotatable bonds is 4. The third kappa shape index (κ3) is 3.98. The molecule has 1 aromatic carbocycles. The van der Waals surface area contributed by atoms with Gasteiger partial charge in [0.15, 0.2) is 0 Å². The van der Waals surface area contributed by atoms with Crippen LogP contribution in [0.5, 0.6) is 5.75 Å². The van der Waals surface area contributed by atoms with Crippen LogP contribution in [0.3, 0.4) is 0 Å². The van der Waals surface area contributed by atoms with Gasteiger partial charge in [-0.1, -0.05) is 12.1 Å². The highest BCUT2D eigenvalue weighted by atomic mass is 16.5. The lowest BCUT2D eigenvalue weighted by Gasteiger charge is -2.41. The molecule has 2 saturated heterocycles. The first-order valence-corrected chi connectivity index (χ1v) is 9.35. The van der Waals surface area contributed by atoms with Crippen LogP contribution in [0.1, 0.15) is 36.8 Å². The van der Waals surface area contributed by atoms with Gasteiger partial charge in [-0.3, -0.25) is 4.79 Å². The Morgan fingerprint density at radius 2 is 1.96 bits per heavy atom. The van der Waals surface area contributed by atoms with Crippen molar-refractivity contribution in [2.24, 2.45) is 11.1 Å². The molecule has 0 unspecified atom stereocenters. The fraction of sp³-hybridized carbons (Fsp3) is 0.650. The van der Waals surface area contributed by atoms with Crippen LogP contribution in [0, 0.1) is 19.3 Å². The van der Waals surface area contributed by atoms with E-state index in [2.05, 4.69) is 32.0 Å². The predicted octanol–water partition coefficient (Wildman–Crippen LogP) is 2.43. The summed E-state index contributed by atoms with van der Waals surface area (Å²) in [7, 11) is 0. The van der Waals surface area contributed by atoms with Crippen LogP contribution in [0.4, 0.5) is 0 Å². The second kappa shape index (κ2) is 7.75. The summed E-state index contributed by atoms with van der Waals surface area (Å²) in [5.74, 6) is 1.18. The van der Waals surface area contributed by atoms with Crippen molar-refractivity contribution in [1.82, 2.24) is 4.90 Å². The maximum atomic E-state index is 13.0. The van der Waals surface area contributed by atoms with Crippen LogP contribution in [-0.4, -0.2) is 49.8 Å². The SMILES string of the molecule is Cc1ccc(C)c(OC2CCN(C(=O)C3(CN)CCOCC3)CC2)c1. The van der Waals surface area contributed by atoms with Crippen LogP contribution in [0.2, 0.25) is 0 Å². The standard InChI is InChI=1S/C20H30N2O3/c1-15-3-4-16(2)18(13-15)25-17-5-9-22(10-6-17)19(23)20(14-21)7-11-24-12-8-20/h3-4,13,17H,5-12,14,21H2,1-2H3. The maximum absolute atomic E-state index is 13.0. The molecular formula is C20H30N2O3. The van der Waals surface area contributed by atoms with Gasteiger partial charge < -0.3 is 20.1 Å². The summed E-state index contributed by atoms with van der Waals surface area (Å²) in [5, 5.41) is 0. The number of hydrogen-bond donors (Lipinski definition) is 1. The van der Waals surface area contributed by atoms with E-state index in [4.69, 9.17) is 15.2 Å². The third-order valence-electron chi connectivity index (χ3n) is 5.66. The molecule has 1 amide bonds. The molecule has 2 N–H and O–H groups in total. The second-order valence-corrected chi connectivity index (χ2v) is 7.48. The molecule has 0 saturated carbocycles. The van der Waals surface area contributed by atoms with Crippen molar-refractivity contribution in [2.75, 3.05) is 32.8 Å². The number of piperidine rings is 1. The molecule has 5 heteroatoms. The van der Waals surface area contributed by atoms with E-state index in [1.54, 1.807) is 0 Å². The van der Waals surface area contributed by atoms with Crippen LogP contribution < -0.4 is 10.5 Å². The molecule has 2 heterocycles. The number of amides is 1. The lowest BCUT2D eigenvalue weighted by atomic mass is 9.78. The maximum Gasteiger partial charge on any atom is 0.230 e. The fourth-order valence-corrected chi connectivity index (χ4v) is 3.79. The first-order chi connectivity index (χ1) is 12.0. The molecule has 2 fully saturated rings. The number of ether oxygens (including phenoxy) is 2. The summed E-state index contributed by atoms with van der Waals surface area (Å²) in [6, 6.07) is 6.29. The summed E-state index contributed by atoms with van der Waals surface area (Å²) in [6.07, 6.45) is 3.39. The summed E-state index contributed by atoms with van der Waals surface area (Å²) in [4.78, 5) is 15.0. The zero-order valence-electron chi connectivity index (χ0n) is 15.4. The van der Waals surface area contributed by atoms with Gasteiger partial charge in [0.05, 0.1) is 5.41 Å². The van der Waals surface area contributed by atoms with Gasteiger partial charge in [-0.05, 0) is 43.9 Å². The molecule has 2 aliphatic heterocycles. The van der Waals surface area contributed by atoms with E-state index >= 15 is 0 Å². The molecule has 3 rings (SSSR count). The monoisotopic (exact) mass is 346 g/mol. The highest BCUT2D eigenvalue weighted by molar-refractivity contribution is 5.83. The molecule has 0 aliphatic carbocycles. The molecular weight excluding hydrogens is 316 g/mol. The van der Waals surface area contributed by atoms with Crippen molar-refractivity contribution < 1.29 is 14.3 Å². The first-order valence-electron chi connectivity index (χ1n) is 9.35. The van der Waals surface area contributed by atoms with Crippen molar-refractivity contribution in [2.45, 2.75) is 45.6 Å². The highest BCUT2D eigenvalue weighted by Gasteiger charge is 2.42. The summed E-state index contributed by atoms with van der Waals surface area (Å²) >= 11 is 0. The van der Waals surface area contributed by atoms with Crippen LogP contribution >= 0.6 is 0 Å². The predicted molar refractivity (Wildman–Crippen MR) is 97.7 cm³/mol. The number of nitrogens with two attached hydrogens (primary N) is 1. The topological polar surface area (TPSA) is 64.8 Å². The molecule has 0 aromatic heterocycles. The van der Waals surface area contributed by atoms with Crippen LogP contribution in [0.15, 0.2) is 18.2 Å². The Morgan fingerprint density at radius 3 is 2.60 bits per heavy atom. The van der Waals surface area contributed by atoms with Crippen molar-refractivity contribution in [3.8, 4) is 5.75 Å². The van der Waals surface area contributed by atoms with Gasteiger partial charge >= 0.3 is 0 Å². The van der Waals surface area contributed by atoms with Crippen molar-refractivity contribution in [1.29, 1.82) is 0 Å². The number of carbonyl (C=O) groups is 1. The van der Waals surface area contributed by atoms with E-state index in [9.17, 15) is 4.79 Å². The molecule has 25 heavy (non-hydrogen) atoms. The quantitative estimate of drug-likeness (QED) is 0.909. The number of carbonyl (C=O) groups excluding carboxylic acids is 1. The zero-order chi connectivity index (χ0) is 17.9. The van der Waals surface area contributed by atoms with E-state index < -0.39 is 5.41 Å². The van der Waals surface area contributed by atoms with Crippen LogP contribution in [-0.2, 0) is 9.53 Å². The van der Waals surface area contributed by atoms with Crippen molar-refractivity contribution in [3.63, 3.8) is 0 Å². The number of nitrogens with zero attached hydrogens (tertiary/aromatic N) is 1. The minimum Gasteiger partial charge on any atom is -0.490 e. The van der Waals surface area contributed by atoms with Gasteiger partial charge in [-0.15, -0.1) is 0 Å². The van der Waals surface area contributed by atoms with E-state index in [0.29, 0.717) is 19.8 Å². The number of likely N-dealkylation sites (tertiary alicyclic amines) is 1. The average molecular weight is 346 g/mol. The summed E-state index contributed by atoms with van der Waals surface area (Å²) < 4.78 is 11.6. The Labute approximate surface area is 150 Å². The minimum atomic E-state index is -0.418. The Morgan fingerprint density at radius 1 is 1.28 bits per heavy atom.